The number of carbonyl (C=O) groups excluding carboxylic acids is 1. The van der Waals surface area contributed by atoms with Crippen LogP contribution in [0.4, 0.5) is 30.7 Å². The Morgan fingerprint density at radius 3 is 2.14 bits per heavy atom. The lowest BCUT2D eigenvalue weighted by Crippen LogP contribution is -2.59. The Hall–Kier alpha value is -1.81. The molecule has 1 rings (SSSR count). The van der Waals surface area contributed by atoms with Gasteiger partial charge in [-0.15, -0.1) is 0 Å². The second kappa shape index (κ2) is 5.19. The summed E-state index contributed by atoms with van der Waals surface area (Å²) in [5.74, 6) is -15.1. The Bertz CT molecular complexity index is 516. The SMILES string of the molecule is Cc1cc(CNC(=O)C(F)(F)C(F)(F)C(F)(F)F)nn1C. The maximum atomic E-state index is 13.0. The van der Waals surface area contributed by atoms with Gasteiger partial charge < -0.3 is 5.32 Å². The van der Waals surface area contributed by atoms with E-state index in [1.54, 1.807) is 6.92 Å². The average molecular weight is 321 g/mol. The molecule has 0 saturated carbocycles. The molecule has 0 spiro atoms. The summed E-state index contributed by atoms with van der Waals surface area (Å²) in [5, 5.41) is 5.04. The summed E-state index contributed by atoms with van der Waals surface area (Å²) < 4.78 is 88.1. The van der Waals surface area contributed by atoms with Gasteiger partial charge in [0, 0.05) is 12.7 Å². The molecule has 0 aromatic carbocycles. The molecule has 1 aromatic heterocycles. The predicted octanol–water partition coefficient (Wildman–Crippen LogP) is 2.18. The van der Waals surface area contributed by atoms with Crippen molar-refractivity contribution >= 4 is 5.91 Å². The van der Waals surface area contributed by atoms with Gasteiger partial charge in [0.05, 0.1) is 12.2 Å². The van der Waals surface area contributed by atoms with Crippen LogP contribution in [-0.4, -0.2) is 33.7 Å². The lowest BCUT2D eigenvalue weighted by atomic mass is 10.1. The molecule has 0 aliphatic carbocycles. The Labute approximate surface area is 113 Å². The van der Waals surface area contributed by atoms with Crippen molar-refractivity contribution in [2.45, 2.75) is 31.5 Å². The van der Waals surface area contributed by atoms with E-state index in [9.17, 15) is 35.5 Å². The summed E-state index contributed by atoms with van der Waals surface area (Å²) in [6.45, 7) is 0.884. The lowest BCUT2D eigenvalue weighted by Gasteiger charge is -2.26. The van der Waals surface area contributed by atoms with Crippen molar-refractivity contribution in [1.29, 1.82) is 0 Å². The van der Waals surface area contributed by atoms with Crippen molar-refractivity contribution in [3.8, 4) is 0 Å². The molecule has 1 aromatic rings. The van der Waals surface area contributed by atoms with Crippen molar-refractivity contribution in [1.82, 2.24) is 15.1 Å². The van der Waals surface area contributed by atoms with Crippen LogP contribution in [0.25, 0.3) is 0 Å². The molecule has 0 unspecified atom stereocenters. The highest BCUT2D eigenvalue weighted by Crippen LogP contribution is 2.46. The highest BCUT2D eigenvalue weighted by molar-refractivity contribution is 5.84. The third kappa shape index (κ3) is 3.10. The summed E-state index contributed by atoms with van der Waals surface area (Å²) in [4.78, 5) is 10.9. The number of hydrogen-bond acceptors (Lipinski definition) is 2. The minimum Gasteiger partial charge on any atom is -0.345 e. The van der Waals surface area contributed by atoms with Crippen LogP contribution in [0.2, 0.25) is 0 Å². The zero-order valence-corrected chi connectivity index (χ0v) is 10.7. The first-order valence-electron chi connectivity index (χ1n) is 5.41. The van der Waals surface area contributed by atoms with Crippen LogP contribution in [0.3, 0.4) is 0 Å². The number of halogens is 7. The van der Waals surface area contributed by atoms with Crippen molar-refractivity contribution in [2.75, 3.05) is 0 Å². The number of carbonyl (C=O) groups is 1. The first-order valence-corrected chi connectivity index (χ1v) is 5.41. The normalized spacial score (nSPS) is 13.4. The van der Waals surface area contributed by atoms with Crippen molar-refractivity contribution in [2.24, 2.45) is 7.05 Å². The quantitative estimate of drug-likeness (QED) is 0.864. The number of rotatable bonds is 4. The van der Waals surface area contributed by atoms with Crippen molar-refractivity contribution in [3.05, 3.63) is 17.5 Å². The second-order valence-corrected chi connectivity index (χ2v) is 4.23. The molecular weight excluding hydrogens is 311 g/mol. The van der Waals surface area contributed by atoms with E-state index in [2.05, 4.69) is 5.10 Å². The van der Waals surface area contributed by atoms with Gasteiger partial charge in [0.25, 0.3) is 5.91 Å². The van der Waals surface area contributed by atoms with Crippen LogP contribution in [0, 0.1) is 6.92 Å². The van der Waals surface area contributed by atoms with E-state index in [1.807, 2.05) is 0 Å². The molecule has 1 heterocycles. The van der Waals surface area contributed by atoms with E-state index in [-0.39, 0.29) is 5.69 Å². The molecule has 0 atom stereocenters. The molecule has 0 radical (unpaired) electrons. The first-order chi connectivity index (χ1) is 9.30. The van der Waals surface area contributed by atoms with E-state index in [4.69, 9.17) is 0 Å². The number of hydrogen-bond donors (Lipinski definition) is 1. The first kappa shape index (κ1) is 17.2. The molecule has 1 amide bonds. The monoisotopic (exact) mass is 321 g/mol. The van der Waals surface area contributed by atoms with Gasteiger partial charge in [-0.2, -0.15) is 35.8 Å². The van der Waals surface area contributed by atoms with E-state index in [0.717, 1.165) is 0 Å². The van der Waals surface area contributed by atoms with Gasteiger partial charge >= 0.3 is 18.0 Å². The highest BCUT2D eigenvalue weighted by Gasteiger charge is 2.76. The molecule has 1 N–H and O–H groups in total. The summed E-state index contributed by atoms with van der Waals surface area (Å²) >= 11 is 0. The van der Waals surface area contributed by atoms with Gasteiger partial charge in [-0.05, 0) is 13.0 Å². The van der Waals surface area contributed by atoms with Crippen molar-refractivity contribution in [3.63, 3.8) is 0 Å². The average Bonchev–Trinajstić information content (AvgIpc) is 2.64. The fourth-order valence-electron chi connectivity index (χ4n) is 1.32. The second-order valence-electron chi connectivity index (χ2n) is 4.23. The number of nitrogens with one attached hydrogen (secondary N) is 1. The molecule has 0 aliphatic heterocycles. The molecule has 120 valence electrons. The molecule has 0 aliphatic rings. The Kier molecular flexibility index (Phi) is 4.26. The van der Waals surface area contributed by atoms with Crippen LogP contribution in [0.5, 0.6) is 0 Å². The minimum atomic E-state index is -6.55. The Balaban J connectivity index is 2.83. The van der Waals surface area contributed by atoms with E-state index in [1.165, 1.54) is 23.1 Å². The van der Waals surface area contributed by atoms with E-state index < -0.39 is 30.5 Å². The summed E-state index contributed by atoms with van der Waals surface area (Å²) in [5.41, 5.74) is 0.612. The zero-order chi connectivity index (χ0) is 16.6. The fourth-order valence-corrected chi connectivity index (χ4v) is 1.32. The van der Waals surface area contributed by atoms with E-state index in [0.29, 0.717) is 5.69 Å². The largest absolute Gasteiger partial charge is 0.460 e. The van der Waals surface area contributed by atoms with Gasteiger partial charge in [-0.1, -0.05) is 0 Å². The fraction of sp³-hybridized carbons (Fsp3) is 0.600. The topological polar surface area (TPSA) is 46.9 Å². The number of amides is 1. The smallest absolute Gasteiger partial charge is 0.345 e. The standard InChI is InChI=1S/C10H10F7N3O/c1-5-3-6(19-20(5)2)4-18-7(21)8(11,12)9(13,14)10(15,16)17/h3H,4H2,1-2H3,(H,18,21). The zero-order valence-electron chi connectivity index (χ0n) is 10.7. The van der Waals surface area contributed by atoms with Crippen LogP contribution in [0.1, 0.15) is 11.4 Å². The molecular formula is C10H10F7N3O. The Morgan fingerprint density at radius 2 is 1.76 bits per heavy atom. The number of aromatic nitrogens is 2. The van der Waals surface area contributed by atoms with E-state index >= 15 is 0 Å². The lowest BCUT2D eigenvalue weighted by molar-refractivity contribution is -0.344. The number of nitrogens with zero attached hydrogens (tertiary/aromatic N) is 2. The molecule has 21 heavy (non-hydrogen) atoms. The number of aryl methyl sites for hydroxylation is 2. The maximum Gasteiger partial charge on any atom is 0.460 e. The molecule has 0 fully saturated rings. The van der Waals surface area contributed by atoms with Gasteiger partial charge in [-0.25, -0.2) is 0 Å². The van der Waals surface area contributed by atoms with Crippen LogP contribution in [-0.2, 0) is 18.4 Å². The molecule has 4 nitrogen and oxygen atoms in total. The van der Waals surface area contributed by atoms with Gasteiger partial charge in [0.15, 0.2) is 0 Å². The summed E-state index contributed by atoms with van der Waals surface area (Å²) in [7, 11) is 1.49. The minimum absolute atomic E-state index is 0.0366. The highest BCUT2D eigenvalue weighted by atomic mass is 19.4. The number of alkyl halides is 7. The third-order valence-electron chi connectivity index (χ3n) is 2.63. The van der Waals surface area contributed by atoms with Crippen LogP contribution < -0.4 is 5.32 Å². The van der Waals surface area contributed by atoms with Gasteiger partial charge in [-0.3, -0.25) is 9.48 Å². The summed E-state index contributed by atoms with van der Waals surface area (Å²) in [6.07, 6.45) is -6.55. The van der Waals surface area contributed by atoms with Crippen molar-refractivity contribution < 1.29 is 35.5 Å². The van der Waals surface area contributed by atoms with Crippen LogP contribution >= 0.6 is 0 Å². The molecule has 0 saturated heterocycles. The third-order valence-corrected chi connectivity index (χ3v) is 2.63. The predicted molar refractivity (Wildman–Crippen MR) is 55.7 cm³/mol. The maximum absolute atomic E-state index is 13.0. The van der Waals surface area contributed by atoms with Gasteiger partial charge in [0.1, 0.15) is 0 Å². The molecule has 11 heteroatoms. The molecule has 0 bridgehead atoms. The summed E-state index contributed by atoms with van der Waals surface area (Å²) in [6, 6.07) is 1.35. The Morgan fingerprint density at radius 1 is 1.24 bits per heavy atom. The van der Waals surface area contributed by atoms with Crippen LogP contribution in [0.15, 0.2) is 6.07 Å². The van der Waals surface area contributed by atoms with Gasteiger partial charge in [0.2, 0.25) is 0 Å².